The number of ketones is 2. The number of fused-ring (bicyclic) bond motifs is 6. The van der Waals surface area contributed by atoms with Gasteiger partial charge in [0.15, 0.2) is 28.5 Å². The van der Waals surface area contributed by atoms with Crippen LogP contribution in [-0.2, 0) is 25.7 Å². The Hall–Kier alpha value is -5.85. The number of benzene rings is 1. The van der Waals surface area contributed by atoms with Crippen molar-refractivity contribution in [1.82, 2.24) is 25.3 Å². The predicted molar refractivity (Wildman–Crippen MR) is 218 cm³/mol. The Morgan fingerprint density at radius 2 is 1.77 bits per heavy atom. The molecule has 0 radical (unpaired) electrons. The minimum absolute atomic E-state index is 0.00620. The molecule has 0 aliphatic heterocycles. The minimum Gasteiger partial charge on any atom is -0.481 e. The number of hydrogen-bond donors (Lipinski definition) is 8. The zero-order chi connectivity index (χ0) is 43.9. The molecule has 320 valence electrons. The largest absolute Gasteiger partial charge is 0.481 e. The molecule has 7 rings (SSSR count). The second kappa shape index (κ2) is 16.7. The van der Waals surface area contributed by atoms with Crippen LogP contribution in [-0.4, -0.2) is 106 Å². The number of nitrogen functional groups attached to an aromatic ring is 2. The molecule has 1 aromatic carbocycles. The number of allylic oxidation sites excluding steroid dienone is 4. The van der Waals surface area contributed by atoms with Gasteiger partial charge in [-0.05, 0) is 86.3 Å². The molecular weight excluding hydrogens is 777 g/mol. The number of nitrogens with two attached hydrogens (primary N) is 2. The van der Waals surface area contributed by atoms with Gasteiger partial charge in [-0.15, -0.1) is 0 Å². The highest BCUT2D eigenvalue weighted by atomic mass is 16.4. The first-order valence-electron chi connectivity index (χ1n) is 19.8. The lowest BCUT2D eigenvalue weighted by molar-refractivity contribution is -0.180. The summed E-state index contributed by atoms with van der Waals surface area (Å²) < 4.78 is 0. The maximum Gasteiger partial charge on any atom is 0.326 e. The minimum atomic E-state index is -1.57. The molecule has 3 fully saturated rings. The SMILES string of the molecule is CN(Cc1cnc2nc(N)nc(N)c2n1)c1ccc(C(=O)N[C@@H](CCC(=O)O)C(=O)O)cc1.C[C@H]1C[C@@H]2[C@H]([C@@H](O)C[C@@]3(C)[C@H]2CC[C@]3(O)C(=O)CO)[C@@]2(C)C=CC(=O)C=C12. The molecule has 2 aromatic heterocycles. The maximum atomic E-state index is 12.4. The number of aromatic nitrogens is 4. The van der Waals surface area contributed by atoms with E-state index in [1.165, 1.54) is 12.1 Å². The molecule has 0 spiro atoms. The number of aliphatic hydroxyl groups is 3. The normalized spacial score (nSPS) is 29.5. The van der Waals surface area contributed by atoms with E-state index in [9.17, 15) is 44.4 Å². The third-order valence-corrected chi connectivity index (χ3v) is 13.3. The van der Waals surface area contributed by atoms with E-state index in [1.807, 2.05) is 24.9 Å². The number of nitrogens with one attached hydrogen (secondary N) is 1. The highest BCUT2D eigenvalue weighted by Gasteiger charge is 2.68. The number of carbonyl (C=O) groups excluding carboxylic acids is 3. The number of carbonyl (C=O) groups is 5. The second-order valence-corrected chi connectivity index (χ2v) is 16.9. The summed E-state index contributed by atoms with van der Waals surface area (Å²) in [5, 5.41) is 52.1. The van der Waals surface area contributed by atoms with Crippen LogP contribution in [0.1, 0.15) is 75.3 Å². The number of carboxylic acids is 2. The summed E-state index contributed by atoms with van der Waals surface area (Å²) in [5.74, 6) is -2.98. The van der Waals surface area contributed by atoms with Crippen molar-refractivity contribution in [1.29, 1.82) is 0 Å². The number of aliphatic hydroxyl groups excluding tert-OH is 2. The summed E-state index contributed by atoms with van der Waals surface area (Å²) >= 11 is 0. The van der Waals surface area contributed by atoms with Gasteiger partial charge in [-0.3, -0.25) is 19.2 Å². The summed E-state index contributed by atoms with van der Waals surface area (Å²) in [6, 6.07) is 5.16. The van der Waals surface area contributed by atoms with Gasteiger partial charge < -0.3 is 47.2 Å². The maximum absolute atomic E-state index is 12.4. The van der Waals surface area contributed by atoms with Crippen molar-refractivity contribution in [2.45, 2.75) is 83.6 Å². The van der Waals surface area contributed by atoms with Crippen molar-refractivity contribution >= 4 is 58.0 Å². The van der Waals surface area contributed by atoms with Gasteiger partial charge in [0.05, 0.1) is 24.5 Å². The van der Waals surface area contributed by atoms with Crippen molar-refractivity contribution in [2.75, 3.05) is 30.0 Å². The Morgan fingerprint density at radius 1 is 1.07 bits per heavy atom. The number of amides is 1. The smallest absolute Gasteiger partial charge is 0.326 e. The number of aliphatic carboxylic acids is 2. The van der Waals surface area contributed by atoms with Gasteiger partial charge in [0.25, 0.3) is 5.91 Å². The van der Waals surface area contributed by atoms with Gasteiger partial charge in [-0.2, -0.15) is 9.97 Å². The summed E-state index contributed by atoms with van der Waals surface area (Å²) in [6.07, 6.45) is 7.83. The van der Waals surface area contributed by atoms with E-state index in [2.05, 4.69) is 39.1 Å². The quantitative estimate of drug-likeness (QED) is 0.137. The van der Waals surface area contributed by atoms with Gasteiger partial charge in [-0.1, -0.05) is 32.4 Å². The van der Waals surface area contributed by atoms with Gasteiger partial charge in [0, 0.05) is 41.5 Å². The van der Waals surface area contributed by atoms with Crippen LogP contribution < -0.4 is 21.7 Å². The standard InChI is InChI=1S/C22H30O5.C20H22N8O5/c1-12-8-14-15-5-7-22(27,18(26)11-23)21(15,3)10-17(25)19(14)20(2)6-4-13(24)9-16(12)20;1-28(9-11-8-23-17-15(24-11)16(21)26-20(22)27-17)12-4-2-10(3-5-12)18(31)25-13(19(32)33)6-7-14(29)30/h4,6,9,12,14-15,17,19,23,25,27H,5,7-8,10-11H2,1-3H3;2-5,8,13H,6-7,9H2,1H3,(H,25,31)(H,29,30)(H,32,33)(H4,21,22,23,26,27)/t12-,14-,15-,17-,19+,20-,21-,22-;13-/m00/s1. The number of nitrogens with zero attached hydrogens (tertiary/aromatic N) is 5. The molecule has 10 N–H and O–H groups in total. The number of carboxylic acid groups (broad SMARTS) is 2. The fourth-order valence-corrected chi connectivity index (χ4v) is 10.4. The molecule has 0 bridgehead atoms. The number of anilines is 3. The van der Waals surface area contributed by atoms with Gasteiger partial charge in [0.1, 0.15) is 18.2 Å². The third kappa shape index (κ3) is 8.05. The van der Waals surface area contributed by atoms with Crippen molar-refractivity contribution < 1.29 is 49.5 Å². The zero-order valence-corrected chi connectivity index (χ0v) is 33.9. The molecule has 18 heteroatoms. The highest BCUT2D eigenvalue weighted by Crippen LogP contribution is 2.67. The van der Waals surface area contributed by atoms with Crippen LogP contribution in [0, 0.1) is 34.5 Å². The number of Topliss-reactive ketones (excluding diaryl/α,β-unsaturated/α-hetero) is 1. The summed E-state index contributed by atoms with van der Waals surface area (Å²) in [6.45, 7) is 5.85. The van der Waals surface area contributed by atoms with Crippen molar-refractivity contribution in [3.05, 3.63) is 65.5 Å². The monoisotopic (exact) mass is 828 g/mol. The van der Waals surface area contributed by atoms with Crippen LogP contribution in [0.4, 0.5) is 17.5 Å². The van der Waals surface area contributed by atoms with Gasteiger partial charge in [0.2, 0.25) is 5.95 Å². The van der Waals surface area contributed by atoms with E-state index < -0.39 is 53.4 Å². The van der Waals surface area contributed by atoms with E-state index in [0.717, 1.165) is 24.1 Å². The highest BCUT2D eigenvalue weighted by molar-refractivity contribution is 6.01. The molecule has 1 amide bonds. The average Bonchev–Trinajstić information content (AvgIpc) is 3.47. The Bertz CT molecular complexity index is 2270. The van der Waals surface area contributed by atoms with E-state index >= 15 is 0 Å². The van der Waals surface area contributed by atoms with Crippen LogP contribution >= 0.6 is 0 Å². The predicted octanol–water partition coefficient (Wildman–Crippen LogP) is 2.07. The van der Waals surface area contributed by atoms with E-state index in [4.69, 9.17) is 16.6 Å². The molecule has 18 nitrogen and oxygen atoms in total. The lowest BCUT2D eigenvalue weighted by Gasteiger charge is -2.60. The molecule has 2 heterocycles. The van der Waals surface area contributed by atoms with Crippen LogP contribution in [0.25, 0.3) is 11.2 Å². The molecule has 4 aliphatic carbocycles. The molecule has 4 aliphatic rings. The molecule has 0 unspecified atom stereocenters. The van der Waals surface area contributed by atoms with Crippen molar-refractivity contribution in [2.24, 2.45) is 34.5 Å². The molecule has 3 aromatic rings. The van der Waals surface area contributed by atoms with E-state index in [0.29, 0.717) is 36.2 Å². The summed E-state index contributed by atoms with van der Waals surface area (Å²) in [5.41, 5.74) is 12.1. The first kappa shape index (κ1) is 43.7. The second-order valence-electron chi connectivity index (χ2n) is 16.9. The molecule has 9 atom stereocenters. The fourth-order valence-electron chi connectivity index (χ4n) is 10.4. The van der Waals surface area contributed by atoms with Crippen LogP contribution in [0.3, 0.4) is 0 Å². The van der Waals surface area contributed by atoms with Crippen LogP contribution in [0.2, 0.25) is 0 Å². The first-order chi connectivity index (χ1) is 28.2. The molecule has 0 saturated heterocycles. The Morgan fingerprint density at radius 3 is 2.42 bits per heavy atom. The van der Waals surface area contributed by atoms with Crippen molar-refractivity contribution in [3.63, 3.8) is 0 Å². The molecule has 3 saturated carbocycles. The fraction of sp³-hybridized carbons (Fsp3) is 0.500. The average molecular weight is 829 g/mol. The van der Waals surface area contributed by atoms with Gasteiger partial charge >= 0.3 is 11.9 Å². The lowest BCUT2D eigenvalue weighted by atomic mass is 9.45. The summed E-state index contributed by atoms with van der Waals surface area (Å²) in [7, 11) is 1.82. The van der Waals surface area contributed by atoms with Gasteiger partial charge in [-0.25, -0.2) is 14.8 Å². The Labute approximate surface area is 345 Å². The Kier molecular flexibility index (Phi) is 12.1. The number of rotatable bonds is 11. The van der Waals surface area contributed by atoms with E-state index in [1.54, 1.807) is 30.5 Å². The lowest BCUT2D eigenvalue weighted by Crippen LogP contribution is -2.62. The summed E-state index contributed by atoms with van der Waals surface area (Å²) in [4.78, 5) is 77.1. The van der Waals surface area contributed by atoms with Crippen LogP contribution in [0.5, 0.6) is 0 Å². The molecule has 60 heavy (non-hydrogen) atoms. The topological polar surface area (TPSA) is 305 Å². The Balaban J connectivity index is 0.000000205. The van der Waals surface area contributed by atoms with Crippen molar-refractivity contribution in [3.8, 4) is 0 Å². The third-order valence-electron chi connectivity index (χ3n) is 13.3. The zero-order valence-electron chi connectivity index (χ0n) is 33.9. The first-order valence-corrected chi connectivity index (χ1v) is 19.8. The van der Waals surface area contributed by atoms with E-state index in [-0.39, 0.29) is 65.0 Å². The molecular formula is C42H52N8O10. The number of hydrogen-bond acceptors (Lipinski definition) is 15. The van der Waals surface area contributed by atoms with Crippen LogP contribution in [0.15, 0.2) is 54.3 Å².